The topological polar surface area (TPSA) is 16.1 Å². The summed E-state index contributed by atoms with van der Waals surface area (Å²) in [5.74, 6) is 0.316. The maximum absolute atomic E-state index is 12.8. The largest absolute Gasteiger partial charge is 0.357 e. The number of hydrogen-bond acceptors (Lipinski definition) is 2. The van der Waals surface area contributed by atoms with Gasteiger partial charge in [-0.15, -0.1) is 0 Å². The van der Waals surface area contributed by atoms with Crippen LogP contribution in [0.3, 0.4) is 0 Å². The zero-order valence-electron chi connectivity index (χ0n) is 8.13. The van der Waals surface area contributed by atoms with Gasteiger partial charge in [0.05, 0.1) is 0 Å². The summed E-state index contributed by atoms with van der Waals surface area (Å²) < 4.78 is 12.8. The molecule has 2 nitrogen and oxygen atoms in total. The van der Waals surface area contributed by atoms with Crippen molar-refractivity contribution in [3.05, 3.63) is 24.1 Å². The molecular formula is C10H15FN2. The fraction of sp³-hybridized carbons (Fsp3) is 0.500. The Labute approximate surface area is 78.4 Å². The molecule has 3 heteroatoms. The Morgan fingerprint density at radius 1 is 1.38 bits per heavy atom. The van der Waals surface area contributed by atoms with Crippen LogP contribution in [-0.4, -0.2) is 18.1 Å². The lowest BCUT2D eigenvalue weighted by Crippen LogP contribution is -2.24. The van der Waals surface area contributed by atoms with Crippen molar-refractivity contribution in [3.8, 4) is 0 Å². The van der Waals surface area contributed by atoms with Crippen molar-refractivity contribution in [2.75, 3.05) is 18.0 Å². The van der Waals surface area contributed by atoms with Crippen molar-refractivity contribution in [3.63, 3.8) is 0 Å². The number of pyridine rings is 1. The molecule has 0 unspecified atom stereocenters. The average molecular weight is 182 g/mol. The van der Waals surface area contributed by atoms with E-state index < -0.39 is 5.95 Å². The van der Waals surface area contributed by atoms with Gasteiger partial charge < -0.3 is 4.90 Å². The highest BCUT2D eigenvalue weighted by molar-refractivity contribution is 5.37. The molecule has 0 aromatic carbocycles. The summed E-state index contributed by atoms with van der Waals surface area (Å²) in [4.78, 5) is 5.88. The first kappa shape index (κ1) is 9.96. The maximum atomic E-state index is 12.8. The molecule has 1 rings (SSSR count). The molecule has 72 valence electrons. The molecule has 0 N–H and O–H groups in total. The monoisotopic (exact) mass is 182 g/mol. The Morgan fingerprint density at radius 2 is 2.15 bits per heavy atom. The third kappa shape index (κ3) is 2.68. The molecule has 0 aliphatic carbocycles. The summed E-state index contributed by atoms with van der Waals surface area (Å²) in [6, 6.07) is 4.89. The SMILES string of the molecule is CCCN(CC)c1cccc(F)n1. The van der Waals surface area contributed by atoms with Crippen LogP contribution < -0.4 is 4.90 Å². The molecule has 0 saturated carbocycles. The molecule has 0 saturated heterocycles. The van der Waals surface area contributed by atoms with Gasteiger partial charge in [-0.05, 0) is 25.5 Å². The quantitative estimate of drug-likeness (QED) is 0.665. The second-order valence-corrected chi connectivity index (χ2v) is 2.90. The van der Waals surface area contributed by atoms with Crippen LogP contribution in [0.25, 0.3) is 0 Å². The predicted molar refractivity (Wildman–Crippen MR) is 52.4 cm³/mol. The van der Waals surface area contributed by atoms with Crippen molar-refractivity contribution in [2.45, 2.75) is 20.3 Å². The van der Waals surface area contributed by atoms with Crippen molar-refractivity contribution < 1.29 is 4.39 Å². The maximum Gasteiger partial charge on any atom is 0.214 e. The normalized spacial score (nSPS) is 10.1. The Balaban J connectivity index is 2.78. The smallest absolute Gasteiger partial charge is 0.214 e. The molecule has 0 atom stereocenters. The minimum absolute atomic E-state index is 0.410. The van der Waals surface area contributed by atoms with Gasteiger partial charge in [0.25, 0.3) is 0 Å². The van der Waals surface area contributed by atoms with Gasteiger partial charge in [-0.2, -0.15) is 4.39 Å². The minimum Gasteiger partial charge on any atom is -0.357 e. The highest BCUT2D eigenvalue weighted by atomic mass is 19.1. The number of halogens is 1. The van der Waals surface area contributed by atoms with Gasteiger partial charge in [-0.1, -0.05) is 13.0 Å². The van der Waals surface area contributed by atoms with E-state index in [0.29, 0.717) is 0 Å². The highest BCUT2D eigenvalue weighted by Crippen LogP contribution is 2.10. The van der Waals surface area contributed by atoms with Crippen LogP contribution in [0.1, 0.15) is 20.3 Å². The summed E-state index contributed by atoms with van der Waals surface area (Å²) in [7, 11) is 0. The van der Waals surface area contributed by atoms with Crippen LogP contribution in [0, 0.1) is 5.95 Å². The van der Waals surface area contributed by atoms with Crippen LogP contribution in [0.2, 0.25) is 0 Å². The molecule has 0 aliphatic rings. The van der Waals surface area contributed by atoms with E-state index >= 15 is 0 Å². The molecule has 0 bridgehead atoms. The standard InChI is InChI=1S/C10H15FN2/c1-3-8-13(4-2)10-7-5-6-9(11)12-10/h5-7H,3-4,8H2,1-2H3. The number of rotatable bonds is 4. The van der Waals surface area contributed by atoms with Gasteiger partial charge >= 0.3 is 0 Å². The molecular weight excluding hydrogens is 167 g/mol. The lowest BCUT2D eigenvalue weighted by Gasteiger charge is -2.20. The van der Waals surface area contributed by atoms with Gasteiger partial charge in [-0.3, -0.25) is 0 Å². The summed E-state index contributed by atoms with van der Waals surface area (Å²) in [6.45, 7) is 5.93. The van der Waals surface area contributed by atoms with E-state index in [0.717, 1.165) is 25.3 Å². The number of nitrogens with zero attached hydrogens (tertiary/aromatic N) is 2. The van der Waals surface area contributed by atoms with E-state index in [4.69, 9.17) is 0 Å². The predicted octanol–water partition coefficient (Wildman–Crippen LogP) is 2.46. The van der Waals surface area contributed by atoms with Crippen molar-refractivity contribution in [2.24, 2.45) is 0 Å². The second-order valence-electron chi connectivity index (χ2n) is 2.90. The Kier molecular flexibility index (Phi) is 3.68. The Morgan fingerprint density at radius 3 is 2.69 bits per heavy atom. The van der Waals surface area contributed by atoms with Gasteiger partial charge in [0.15, 0.2) is 0 Å². The van der Waals surface area contributed by atoms with Crippen LogP contribution in [0.15, 0.2) is 18.2 Å². The van der Waals surface area contributed by atoms with Crippen LogP contribution in [0.5, 0.6) is 0 Å². The molecule has 13 heavy (non-hydrogen) atoms. The molecule has 1 heterocycles. The van der Waals surface area contributed by atoms with Gasteiger partial charge in [0, 0.05) is 13.1 Å². The van der Waals surface area contributed by atoms with Crippen LogP contribution in [-0.2, 0) is 0 Å². The Bertz CT molecular complexity index is 263. The summed E-state index contributed by atoms with van der Waals surface area (Å²) in [5, 5.41) is 0. The first-order valence-electron chi connectivity index (χ1n) is 4.65. The molecule has 0 amide bonds. The number of hydrogen-bond donors (Lipinski definition) is 0. The molecule has 0 aliphatic heterocycles. The Hall–Kier alpha value is -1.12. The lowest BCUT2D eigenvalue weighted by molar-refractivity contribution is 0.580. The van der Waals surface area contributed by atoms with Crippen LogP contribution >= 0.6 is 0 Å². The van der Waals surface area contributed by atoms with Crippen molar-refractivity contribution in [1.82, 2.24) is 4.98 Å². The lowest BCUT2D eigenvalue weighted by atomic mass is 10.3. The number of aromatic nitrogens is 1. The third-order valence-corrected chi connectivity index (χ3v) is 1.90. The van der Waals surface area contributed by atoms with E-state index in [1.165, 1.54) is 6.07 Å². The van der Waals surface area contributed by atoms with E-state index in [9.17, 15) is 4.39 Å². The minimum atomic E-state index is -0.410. The molecule has 1 aromatic heterocycles. The van der Waals surface area contributed by atoms with Crippen molar-refractivity contribution >= 4 is 5.82 Å². The first-order valence-corrected chi connectivity index (χ1v) is 4.65. The molecule has 0 fully saturated rings. The summed E-state index contributed by atoms with van der Waals surface area (Å²) >= 11 is 0. The zero-order valence-corrected chi connectivity index (χ0v) is 8.13. The third-order valence-electron chi connectivity index (χ3n) is 1.90. The van der Waals surface area contributed by atoms with Gasteiger partial charge in [0.1, 0.15) is 5.82 Å². The van der Waals surface area contributed by atoms with Crippen LogP contribution in [0.4, 0.5) is 10.2 Å². The highest BCUT2D eigenvalue weighted by Gasteiger charge is 2.04. The fourth-order valence-electron chi connectivity index (χ4n) is 1.28. The zero-order chi connectivity index (χ0) is 9.68. The molecule has 1 aromatic rings. The van der Waals surface area contributed by atoms with Gasteiger partial charge in [0.2, 0.25) is 5.95 Å². The molecule has 0 spiro atoms. The van der Waals surface area contributed by atoms with E-state index in [1.54, 1.807) is 6.07 Å². The summed E-state index contributed by atoms with van der Waals surface area (Å²) in [6.07, 6.45) is 1.05. The van der Waals surface area contributed by atoms with Crippen molar-refractivity contribution in [1.29, 1.82) is 0 Å². The van der Waals surface area contributed by atoms with Gasteiger partial charge in [-0.25, -0.2) is 4.98 Å². The molecule has 0 radical (unpaired) electrons. The summed E-state index contributed by atoms with van der Waals surface area (Å²) in [5.41, 5.74) is 0. The average Bonchev–Trinajstić information content (AvgIpc) is 2.14. The van der Waals surface area contributed by atoms with E-state index in [2.05, 4.69) is 16.8 Å². The van der Waals surface area contributed by atoms with E-state index in [1.807, 2.05) is 13.0 Å². The second kappa shape index (κ2) is 4.80. The first-order chi connectivity index (χ1) is 6.27. The van der Waals surface area contributed by atoms with E-state index in [-0.39, 0.29) is 0 Å². The fourth-order valence-corrected chi connectivity index (χ4v) is 1.28. The number of anilines is 1.